The Labute approximate surface area is 188 Å². The fourth-order valence-electron chi connectivity index (χ4n) is 4.22. The second-order valence-electron chi connectivity index (χ2n) is 9.50. The number of anilines is 3. The smallest absolute Gasteiger partial charge is 0.246 e. The molecule has 2 aliphatic heterocycles. The predicted molar refractivity (Wildman–Crippen MR) is 124 cm³/mol. The van der Waals surface area contributed by atoms with Gasteiger partial charge in [-0.05, 0) is 62.9 Å². The normalized spacial score (nSPS) is 18.9. The molecule has 2 N–H and O–H groups in total. The summed E-state index contributed by atoms with van der Waals surface area (Å²) < 4.78 is 14.4. The number of aromatic nitrogens is 2. The van der Waals surface area contributed by atoms with E-state index in [9.17, 15) is 9.18 Å². The van der Waals surface area contributed by atoms with E-state index < -0.39 is 5.82 Å². The van der Waals surface area contributed by atoms with E-state index in [1.807, 2.05) is 6.07 Å². The summed E-state index contributed by atoms with van der Waals surface area (Å²) in [4.78, 5) is 24.5. The molecule has 170 valence electrons. The Bertz CT molecular complexity index is 1020. The summed E-state index contributed by atoms with van der Waals surface area (Å²) in [6.07, 6.45) is 4.16. The number of rotatable bonds is 5. The number of amides is 1. The average molecular weight is 439 g/mol. The molecule has 1 amide bonds. The Balaban J connectivity index is 1.45. The maximum absolute atomic E-state index is 14.4. The van der Waals surface area contributed by atoms with Gasteiger partial charge in [-0.25, -0.2) is 9.37 Å². The van der Waals surface area contributed by atoms with Crippen LogP contribution in [0.25, 0.3) is 0 Å². The Morgan fingerprint density at radius 1 is 1.28 bits per heavy atom. The number of nitrogens with zero attached hydrogens (tertiary/aromatic N) is 4. The van der Waals surface area contributed by atoms with Crippen molar-refractivity contribution in [1.29, 1.82) is 0 Å². The van der Waals surface area contributed by atoms with E-state index in [0.29, 0.717) is 19.0 Å². The van der Waals surface area contributed by atoms with Crippen molar-refractivity contribution >= 4 is 23.4 Å². The van der Waals surface area contributed by atoms with Crippen LogP contribution in [0.1, 0.15) is 44.7 Å². The van der Waals surface area contributed by atoms with E-state index in [1.54, 1.807) is 4.90 Å². The Kier molecular flexibility index (Phi) is 6.15. The minimum Gasteiger partial charge on any atom is -0.363 e. The molecule has 1 aromatic carbocycles. The molecule has 0 saturated carbocycles. The zero-order valence-electron chi connectivity index (χ0n) is 19.0. The highest BCUT2D eigenvalue weighted by Gasteiger charge is 2.28. The second kappa shape index (κ2) is 8.86. The lowest BCUT2D eigenvalue weighted by molar-refractivity contribution is -0.127. The van der Waals surface area contributed by atoms with Crippen LogP contribution in [0.4, 0.5) is 21.8 Å². The fourth-order valence-corrected chi connectivity index (χ4v) is 4.22. The number of halogens is 1. The topological polar surface area (TPSA) is 73.4 Å². The van der Waals surface area contributed by atoms with Crippen molar-refractivity contribution in [1.82, 2.24) is 19.8 Å². The monoisotopic (exact) mass is 438 g/mol. The van der Waals surface area contributed by atoms with Gasteiger partial charge < -0.3 is 15.5 Å². The summed E-state index contributed by atoms with van der Waals surface area (Å²) in [5, 5.41) is 6.35. The van der Waals surface area contributed by atoms with Gasteiger partial charge in [0.1, 0.15) is 0 Å². The van der Waals surface area contributed by atoms with Crippen molar-refractivity contribution < 1.29 is 9.18 Å². The van der Waals surface area contributed by atoms with Crippen LogP contribution in [0.5, 0.6) is 0 Å². The molecule has 0 bridgehead atoms. The summed E-state index contributed by atoms with van der Waals surface area (Å²) in [6, 6.07) is 6.17. The molecule has 8 heteroatoms. The number of piperidine rings is 1. The molecule has 0 aliphatic carbocycles. The number of fused-ring (bicyclic) bond motifs is 1. The highest BCUT2D eigenvalue weighted by Crippen LogP contribution is 2.31. The number of carbonyl (C=O) groups excluding carboxylic acids is 1. The zero-order valence-corrected chi connectivity index (χ0v) is 19.0. The summed E-state index contributed by atoms with van der Waals surface area (Å²) in [7, 11) is 0. The third kappa shape index (κ3) is 4.91. The molecule has 4 rings (SSSR count). The Hall–Kier alpha value is -3.00. The zero-order chi connectivity index (χ0) is 22.9. The van der Waals surface area contributed by atoms with Gasteiger partial charge in [0.05, 0.1) is 6.20 Å². The molecule has 1 aromatic heterocycles. The van der Waals surface area contributed by atoms with Crippen molar-refractivity contribution in [3.8, 4) is 0 Å². The molecule has 1 saturated heterocycles. The maximum Gasteiger partial charge on any atom is 0.246 e. The minimum absolute atomic E-state index is 0.0757. The van der Waals surface area contributed by atoms with Crippen LogP contribution in [0.3, 0.4) is 0 Å². The Morgan fingerprint density at radius 2 is 2.06 bits per heavy atom. The van der Waals surface area contributed by atoms with Crippen molar-refractivity contribution in [3.63, 3.8) is 0 Å². The van der Waals surface area contributed by atoms with Crippen molar-refractivity contribution in [2.45, 2.75) is 58.3 Å². The van der Waals surface area contributed by atoms with E-state index in [1.165, 1.54) is 23.4 Å². The van der Waals surface area contributed by atoms with E-state index >= 15 is 0 Å². The molecule has 1 fully saturated rings. The SMILES string of the molecule is C=CC(=O)N1CCC[C@@H](Nc2nc(Nc3ccc4c(c3)CN(C(C)(C)C)C4)ncc2F)C1. The number of likely N-dealkylation sites (tertiary alicyclic amines) is 1. The molecule has 1 atom stereocenters. The van der Waals surface area contributed by atoms with Gasteiger partial charge in [0.25, 0.3) is 0 Å². The Morgan fingerprint density at radius 3 is 2.81 bits per heavy atom. The van der Waals surface area contributed by atoms with Crippen LogP contribution in [-0.2, 0) is 17.9 Å². The van der Waals surface area contributed by atoms with Crippen molar-refractivity contribution in [2.75, 3.05) is 23.7 Å². The molecular weight excluding hydrogens is 407 g/mol. The van der Waals surface area contributed by atoms with Crippen LogP contribution in [0, 0.1) is 5.82 Å². The van der Waals surface area contributed by atoms with Gasteiger partial charge >= 0.3 is 0 Å². The first-order valence-corrected chi connectivity index (χ1v) is 11.1. The van der Waals surface area contributed by atoms with E-state index in [2.05, 4.69) is 65.0 Å². The quantitative estimate of drug-likeness (QED) is 0.686. The number of nitrogens with one attached hydrogen (secondary N) is 2. The average Bonchev–Trinajstić information content (AvgIpc) is 3.20. The highest BCUT2D eigenvalue weighted by molar-refractivity contribution is 5.87. The van der Waals surface area contributed by atoms with Gasteiger partial charge in [0.15, 0.2) is 11.6 Å². The summed E-state index contributed by atoms with van der Waals surface area (Å²) in [5.74, 6) is -0.157. The highest BCUT2D eigenvalue weighted by atomic mass is 19.1. The molecule has 7 nitrogen and oxygen atoms in total. The largest absolute Gasteiger partial charge is 0.363 e. The van der Waals surface area contributed by atoms with Crippen molar-refractivity contribution in [3.05, 3.63) is 54.0 Å². The van der Waals surface area contributed by atoms with Gasteiger partial charge in [-0.15, -0.1) is 0 Å². The molecule has 0 unspecified atom stereocenters. The van der Waals surface area contributed by atoms with Crippen LogP contribution >= 0.6 is 0 Å². The third-order valence-corrected chi connectivity index (χ3v) is 6.13. The molecule has 3 heterocycles. The van der Waals surface area contributed by atoms with Gasteiger partial charge in [-0.3, -0.25) is 9.69 Å². The van der Waals surface area contributed by atoms with E-state index in [0.717, 1.165) is 31.6 Å². The fraction of sp³-hybridized carbons (Fsp3) is 0.458. The molecular formula is C24H31FN6O. The van der Waals surface area contributed by atoms with Crippen LogP contribution in [0.15, 0.2) is 37.1 Å². The van der Waals surface area contributed by atoms with E-state index in [4.69, 9.17) is 0 Å². The maximum atomic E-state index is 14.4. The molecule has 2 aromatic rings. The van der Waals surface area contributed by atoms with E-state index in [-0.39, 0.29) is 23.3 Å². The third-order valence-electron chi connectivity index (χ3n) is 6.13. The standard InChI is InChI=1S/C24H31FN6O/c1-5-21(32)30-10-6-7-19(15-30)27-22-20(25)12-26-23(29-22)28-18-9-8-16-13-31(24(2,3)4)14-17(16)11-18/h5,8-9,11-12,19H,1,6-7,10,13-15H2,2-4H3,(H2,26,27,28,29)/t19-/m1/s1. The lowest BCUT2D eigenvalue weighted by Crippen LogP contribution is -2.44. The van der Waals surface area contributed by atoms with Crippen LogP contribution in [-0.4, -0.2) is 50.3 Å². The second-order valence-corrected chi connectivity index (χ2v) is 9.50. The van der Waals surface area contributed by atoms with Crippen LogP contribution < -0.4 is 10.6 Å². The predicted octanol–water partition coefficient (Wildman–Crippen LogP) is 4.06. The van der Waals surface area contributed by atoms with Crippen LogP contribution in [0.2, 0.25) is 0 Å². The summed E-state index contributed by atoms with van der Waals surface area (Å²) in [6.45, 7) is 13.2. The lowest BCUT2D eigenvalue weighted by atomic mass is 10.1. The number of hydrogen-bond acceptors (Lipinski definition) is 6. The number of carbonyl (C=O) groups is 1. The van der Waals surface area contributed by atoms with Crippen molar-refractivity contribution in [2.24, 2.45) is 0 Å². The van der Waals surface area contributed by atoms with Gasteiger partial charge in [0.2, 0.25) is 11.9 Å². The number of benzene rings is 1. The molecule has 32 heavy (non-hydrogen) atoms. The van der Waals surface area contributed by atoms with Gasteiger partial charge in [-0.1, -0.05) is 12.6 Å². The summed E-state index contributed by atoms with van der Waals surface area (Å²) >= 11 is 0. The first-order valence-electron chi connectivity index (χ1n) is 11.1. The van der Waals surface area contributed by atoms with Gasteiger partial charge in [-0.2, -0.15) is 4.98 Å². The minimum atomic E-state index is -0.516. The van der Waals surface area contributed by atoms with Gasteiger partial charge in [0, 0.05) is 43.4 Å². The lowest BCUT2D eigenvalue weighted by Gasteiger charge is -2.32. The summed E-state index contributed by atoms with van der Waals surface area (Å²) in [5.41, 5.74) is 3.58. The number of hydrogen-bond donors (Lipinski definition) is 2. The molecule has 0 spiro atoms. The first kappa shape index (κ1) is 22.2. The first-order chi connectivity index (χ1) is 15.2. The molecule has 0 radical (unpaired) electrons. The molecule has 2 aliphatic rings.